The molecule has 5 heteroatoms. The molecule has 0 aliphatic carbocycles. The van der Waals surface area contributed by atoms with Gasteiger partial charge >= 0.3 is 0 Å². The highest BCUT2D eigenvalue weighted by atomic mass is 16.5. The average Bonchev–Trinajstić information content (AvgIpc) is 2.75. The Kier molecular flexibility index (Phi) is 4.17. The minimum atomic E-state index is 0.667. The van der Waals surface area contributed by atoms with Crippen molar-refractivity contribution in [3.8, 4) is 22.8 Å². The van der Waals surface area contributed by atoms with Crippen LogP contribution in [0.5, 0.6) is 11.5 Å². The molecule has 0 aliphatic rings. The van der Waals surface area contributed by atoms with E-state index in [0.717, 1.165) is 29.9 Å². The lowest BCUT2D eigenvalue weighted by Crippen LogP contribution is -2.01. The minimum Gasteiger partial charge on any atom is -0.493 e. The van der Waals surface area contributed by atoms with Crippen molar-refractivity contribution in [3.63, 3.8) is 0 Å². The largest absolute Gasteiger partial charge is 0.493 e. The third-order valence-electron chi connectivity index (χ3n) is 3.36. The summed E-state index contributed by atoms with van der Waals surface area (Å²) >= 11 is 0. The summed E-state index contributed by atoms with van der Waals surface area (Å²) in [5, 5.41) is 0. The Morgan fingerprint density at radius 1 is 1.20 bits per heavy atom. The van der Waals surface area contributed by atoms with Crippen molar-refractivity contribution in [1.82, 2.24) is 9.55 Å². The first kappa shape index (κ1) is 14.2. The molecule has 0 atom stereocenters. The van der Waals surface area contributed by atoms with Gasteiger partial charge in [0.1, 0.15) is 17.3 Å². The number of aryl methyl sites for hydroxylation is 1. The summed E-state index contributed by atoms with van der Waals surface area (Å²) in [4.78, 5) is 4.64. The van der Waals surface area contributed by atoms with Crippen LogP contribution in [0.15, 0.2) is 18.2 Å². The number of hydrogen-bond donors (Lipinski definition) is 1. The number of hydrogen-bond acceptors (Lipinski definition) is 4. The molecule has 5 nitrogen and oxygen atoms in total. The maximum Gasteiger partial charge on any atom is 0.161 e. The lowest BCUT2D eigenvalue weighted by molar-refractivity contribution is 0.355. The molecule has 0 saturated heterocycles. The third kappa shape index (κ3) is 2.43. The molecule has 1 aromatic carbocycles. The van der Waals surface area contributed by atoms with Crippen LogP contribution in [-0.2, 0) is 13.5 Å². The molecule has 2 rings (SSSR count). The molecular weight excluding hydrogens is 254 g/mol. The molecule has 0 unspecified atom stereocenters. The molecule has 0 saturated carbocycles. The second-order valence-corrected chi connectivity index (χ2v) is 4.64. The number of imidazole rings is 1. The lowest BCUT2D eigenvalue weighted by Gasteiger charge is -2.08. The Hall–Kier alpha value is -2.17. The summed E-state index contributed by atoms with van der Waals surface area (Å²) in [6.07, 6.45) is 1.95. The number of rotatable bonds is 5. The topological polar surface area (TPSA) is 62.3 Å². The Labute approximate surface area is 119 Å². The average molecular weight is 275 g/mol. The molecule has 108 valence electrons. The zero-order valence-electron chi connectivity index (χ0n) is 12.4. The van der Waals surface area contributed by atoms with Crippen LogP contribution in [0.2, 0.25) is 0 Å². The summed E-state index contributed by atoms with van der Waals surface area (Å²) in [7, 11) is 5.18. The second kappa shape index (κ2) is 5.86. The predicted molar refractivity (Wildman–Crippen MR) is 80.2 cm³/mol. The fraction of sp³-hybridized carbons (Fsp3) is 0.400. The van der Waals surface area contributed by atoms with E-state index in [1.54, 1.807) is 14.2 Å². The zero-order valence-corrected chi connectivity index (χ0v) is 12.4. The van der Waals surface area contributed by atoms with Gasteiger partial charge in [0.2, 0.25) is 0 Å². The second-order valence-electron chi connectivity index (χ2n) is 4.64. The van der Waals surface area contributed by atoms with E-state index in [-0.39, 0.29) is 0 Å². The number of benzene rings is 1. The molecule has 0 amide bonds. The fourth-order valence-electron chi connectivity index (χ4n) is 2.20. The molecule has 0 bridgehead atoms. The summed E-state index contributed by atoms with van der Waals surface area (Å²) in [6.45, 7) is 2.13. The number of aromatic nitrogens is 2. The Balaban J connectivity index is 2.48. The van der Waals surface area contributed by atoms with Gasteiger partial charge in [-0.15, -0.1) is 0 Å². The van der Waals surface area contributed by atoms with Gasteiger partial charge in [0.25, 0.3) is 0 Å². The summed E-state index contributed by atoms with van der Waals surface area (Å²) in [6, 6.07) is 5.70. The van der Waals surface area contributed by atoms with E-state index in [0.29, 0.717) is 17.3 Å². The summed E-state index contributed by atoms with van der Waals surface area (Å²) in [5.74, 6) is 3.03. The van der Waals surface area contributed by atoms with E-state index >= 15 is 0 Å². The van der Waals surface area contributed by atoms with Gasteiger partial charge in [0, 0.05) is 19.0 Å². The zero-order chi connectivity index (χ0) is 14.7. The number of anilines is 1. The molecule has 1 aromatic heterocycles. The van der Waals surface area contributed by atoms with Gasteiger partial charge in [-0.3, -0.25) is 0 Å². The molecule has 0 aliphatic heterocycles. The van der Waals surface area contributed by atoms with Crippen LogP contribution >= 0.6 is 0 Å². The maximum atomic E-state index is 6.16. The normalized spacial score (nSPS) is 10.6. The van der Waals surface area contributed by atoms with Crippen molar-refractivity contribution in [2.45, 2.75) is 19.8 Å². The molecule has 1 heterocycles. The Morgan fingerprint density at radius 3 is 2.50 bits per heavy atom. The molecule has 0 fully saturated rings. The van der Waals surface area contributed by atoms with E-state index in [9.17, 15) is 0 Å². The van der Waals surface area contributed by atoms with E-state index in [2.05, 4.69) is 11.9 Å². The lowest BCUT2D eigenvalue weighted by atomic mass is 10.1. The van der Waals surface area contributed by atoms with Gasteiger partial charge in [-0.1, -0.05) is 6.92 Å². The highest BCUT2D eigenvalue weighted by molar-refractivity contribution is 5.73. The molecule has 2 N–H and O–H groups in total. The van der Waals surface area contributed by atoms with Crippen LogP contribution in [-0.4, -0.2) is 23.8 Å². The standard InChI is InChI=1S/C15H21N3O2/c1-5-6-13-17-14(15(16)18(13)2)10-7-8-11(19-3)12(9-10)20-4/h7-9H,5-6,16H2,1-4H3. The minimum absolute atomic E-state index is 0.667. The van der Waals surface area contributed by atoms with E-state index in [4.69, 9.17) is 15.2 Å². The first-order valence-corrected chi connectivity index (χ1v) is 6.65. The van der Waals surface area contributed by atoms with Crippen LogP contribution in [0.4, 0.5) is 5.82 Å². The van der Waals surface area contributed by atoms with E-state index in [1.807, 2.05) is 29.8 Å². The summed E-state index contributed by atoms with van der Waals surface area (Å²) < 4.78 is 12.5. The van der Waals surface area contributed by atoms with Crippen molar-refractivity contribution in [3.05, 3.63) is 24.0 Å². The monoisotopic (exact) mass is 275 g/mol. The number of ether oxygens (including phenoxy) is 2. The first-order valence-electron chi connectivity index (χ1n) is 6.65. The summed E-state index contributed by atoms with van der Waals surface area (Å²) in [5.41, 5.74) is 7.87. The fourth-order valence-corrected chi connectivity index (χ4v) is 2.20. The SMILES string of the molecule is CCCc1nc(-c2ccc(OC)c(OC)c2)c(N)n1C. The molecule has 2 aromatic rings. The van der Waals surface area contributed by atoms with Crippen LogP contribution in [0, 0.1) is 0 Å². The van der Waals surface area contributed by atoms with Gasteiger partial charge < -0.3 is 19.8 Å². The van der Waals surface area contributed by atoms with E-state index in [1.165, 1.54) is 0 Å². The predicted octanol–water partition coefficient (Wildman–Crippen LogP) is 2.64. The molecule has 20 heavy (non-hydrogen) atoms. The number of nitrogens with two attached hydrogens (primary N) is 1. The van der Waals surface area contributed by atoms with Gasteiger partial charge in [0.05, 0.1) is 14.2 Å². The molecule has 0 radical (unpaired) electrons. The van der Waals surface area contributed by atoms with Gasteiger partial charge in [-0.25, -0.2) is 4.98 Å². The van der Waals surface area contributed by atoms with E-state index < -0.39 is 0 Å². The van der Waals surface area contributed by atoms with Crippen LogP contribution in [0.3, 0.4) is 0 Å². The van der Waals surface area contributed by atoms with Crippen molar-refractivity contribution in [2.24, 2.45) is 7.05 Å². The maximum absolute atomic E-state index is 6.16. The van der Waals surface area contributed by atoms with Crippen molar-refractivity contribution in [2.75, 3.05) is 20.0 Å². The number of nitrogen functional groups attached to an aromatic ring is 1. The van der Waals surface area contributed by atoms with Crippen molar-refractivity contribution in [1.29, 1.82) is 0 Å². The highest BCUT2D eigenvalue weighted by Crippen LogP contribution is 2.34. The van der Waals surface area contributed by atoms with Gasteiger partial charge in [-0.2, -0.15) is 0 Å². The van der Waals surface area contributed by atoms with Crippen LogP contribution in [0.25, 0.3) is 11.3 Å². The van der Waals surface area contributed by atoms with Gasteiger partial charge in [-0.05, 0) is 24.6 Å². The Bertz CT molecular complexity index is 605. The smallest absolute Gasteiger partial charge is 0.161 e. The number of methoxy groups -OCH3 is 2. The quantitative estimate of drug-likeness (QED) is 0.911. The van der Waals surface area contributed by atoms with Crippen molar-refractivity contribution < 1.29 is 9.47 Å². The highest BCUT2D eigenvalue weighted by Gasteiger charge is 2.15. The van der Waals surface area contributed by atoms with Gasteiger partial charge in [0.15, 0.2) is 11.5 Å². The van der Waals surface area contributed by atoms with Crippen LogP contribution in [0.1, 0.15) is 19.2 Å². The van der Waals surface area contributed by atoms with Crippen molar-refractivity contribution >= 4 is 5.82 Å². The third-order valence-corrected chi connectivity index (χ3v) is 3.36. The molecule has 0 spiro atoms. The number of nitrogens with zero attached hydrogens (tertiary/aromatic N) is 2. The Morgan fingerprint density at radius 2 is 1.90 bits per heavy atom. The van der Waals surface area contributed by atoms with Crippen LogP contribution < -0.4 is 15.2 Å². The first-order chi connectivity index (χ1) is 9.62. The molecular formula is C15H21N3O2.